The summed E-state index contributed by atoms with van der Waals surface area (Å²) in [5, 5.41) is 0. The topological polar surface area (TPSA) is 50.7 Å². The highest BCUT2D eigenvalue weighted by Crippen LogP contribution is 2.58. The predicted octanol–water partition coefficient (Wildman–Crippen LogP) is 15.0. The lowest BCUT2D eigenvalue weighted by Gasteiger charge is -2.48. The monoisotopic (exact) mass is 902 g/mol. The number of rotatable bonds is 3. The van der Waals surface area contributed by atoms with Gasteiger partial charge in [0, 0.05) is 28.1 Å². The third kappa shape index (κ3) is 6.90. The van der Waals surface area contributed by atoms with Crippen LogP contribution in [0.5, 0.6) is 23.0 Å². The second-order valence-corrected chi connectivity index (χ2v) is 23.6. The molecule has 4 aliphatic rings. The van der Waals surface area contributed by atoms with Gasteiger partial charge in [-0.3, -0.25) is 0 Å². The quantitative estimate of drug-likeness (QED) is 0.165. The van der Waals surface area contributed by atoms with Gasteiger partial charge in [-0.15, -0.1) is 0 Å². The van der Waals surface area contributed by atoms with Gasteiger partial charge in [0.25, 0.3) is 6.71 Å². The van der Waals surface area contributed by atoms with Gasteiger partial charge in [0.15, 0.2) is 28.8 Å². The molecule has 0 amide bonds. The molecule has 0 unspecified atom stereocenters. The van der Waals surface area contributed by atoms with Crippen molar-refractivity contribution in [3.63, 3.8) is 0 Å². The molecule has 0 spiro atoms. The molecule has 0 radical (unpaired) electrons. The Bertz CT molecular complexity index is 3220. The summed E-state index contributed by atoms with van der Waals surface area (Å²) in [6.45, 7) is 27.3. The normalized spacial score (nSPS) is 14.2. The lowest BCUT2D eigenvalue weighted by Crippen LogP contribution is -2.62. The van der Waals surface area contributed by atoms with Crippen LogP contribution in [0.15, 0.2) is 140 Å². The maximum absolute atomic E-state index is 7.23. The van der Waals surface area contributed by atoms with Gasteiger partial charge < -0.3 is 19.3 Å². The summed E-state index contributed by atoms with van der Waals surface area (Å²) in [5.74, 6) is 4.12. The van der Waals surface area contributed by atoms with Gasteiger partial charge in [-0.2, -0.15) is 0 Å². The van der Waals surface area contributed by atoms with E-state index in [-0.39, 0.29) is 28.4 Å². The van der Waals surface area contributed by atoms with Crippen LogP contribution >= 0.6 is 0 Å². The van der Waals surface area contributed by atoms with Crippen LogP contribution in [-0.4, -0.2) is 16.7 Å². The van der Waals surface area contributed by atoms with Crippen molar-refractivity contribution in [1.29, 1.82) is 0 Å². The van der Waals surface area contributed by atoms with Gasteiger partial charge in [0.1, 0.15) is 0 Å². The Morgan fingerprint density at radius 3 is 1.22 bits per heavy atom. The van der Waals surface area contributed by atoms with E-state index in [0.717, 1.165) is 85.2 Å². The fourth-order valence-corrected chi connectivity index (χ4v) is 10.7. The summed E-state index contributed by atoms with van der Waals surface area (Å²) in [7, 11) is 0. The average Bonchev–Trinajstić information content (AvgIpc) is 3.31. The highest BCUT2D eigenvalue weighted by molar-refractivity contribution is 7.00. The van der Waals surface area contributed by atoms with Crippen molar-refractivity contribution in [2.75, 3.05) is 9.80 Å². The Kier molecular flexibility index (Phi) is 9.20. The molecule has 69 heavy (non-hydrogen) atoms. The lowest BCUT2D eigenvalue weighted by atomic mass is 9.33. The zero-order valence-corrected chi connectivity index (χ0v) is 42.0. The molecular weight excluding hydrogens is 844 g/mol. The SMILES string of the molecule is CC(C)(C)c1ccc2c(c1)Oc1cc(C(C)(C)C)cc3c1N2c1cc(-c2cc(-c4ccccc4)nc(-c4ccccc4)n2)cc2c1B3c1cc(C(C)(C)C)cc3c1N2c1ccc(C(C)(C)C)cc1O3. The molecule has 7 heteroatoms. The number of hydrogen-bond donors (Lipinski definition) is 0. The van der Waals surface area contributed by atoms with Gasteiger partial charge in [0.2, 0.25) is 0 Å². The van der Waals surface area contributed by atoms with Crippen molar-refractivity contribution in [2.45, 2.75) is 105 Å². The molecule has 8 aromatic rings. The van der Waals surface area contributed by atoms with Crippen molar-refractivity contribution >= 4 is 57.2 Å². The molecule has 4 aliphatic heterocycles. The van der Waals surface area contributed by atoms with E-state index in [2.05, 4.69) is 226 Å². The van der Waals surface area contributed by atoms with Crippen LogP contribution in [0.4, 0.5) is 34.1 Å². The lowest BCUT2D eigenvalue weighted by molar-refractivity contribution is 0.469. The highest BCUT2D eigenvalue weighted by Gasteiger charge is 2.49. The Hall–Kier alpha value is -7.12. The van der Waals surface area contributed by atoms with Gasteiger partial charge in [-0.25, -0.2) is 9.97 Å². The first-order valence-corrected chi connectivity index (χ1v) is 24.5. The van der Waals surface area contributed by atoms with Crippen molar-refractivity contribution in [3.05, 3.63) is 162 Å². The van der Waals surface area contributed by atoms with Gasteiger partial charge in [-0.05, 0) is 115 Å². The standard InChI is InChI=1S/C62H59BN4O2/c1-59(2,3)39-23-25-47-51(31-39)68-53-33-41(61(7,8)9)29-43-56(53)66(47)49-27-38(46-35-45(36-19-15-13-16-20-36)64-58(65-46)37-21-17-14-18-22-37)28-50-55(49)63(43)44-30-42(62(10,11)12)34-54-57(44)67(50)48-26-24-40(60(4,5)6)32-52(48)69-54/h13-35H,1-12H3. The van der Waals surface area contributed by atoms with Crippen molar-refractivity contribution in [1.82, 2.24) is 9.97 Å². The summed E-state index contributed by atoms with van der Waals surface area (Å²) >= 11 is 0. The third-order valence-electron chi connectivity index (χ3n) is 14.6. The highest BCUT2D eigenvalue weighted by atomic mass is 16.5. The molecule has 0 fully saturated rings. The van der Waals surface area contributed by atoms with E-state index in [1.54, 1.807) is 0 Å². The van der Waals surface area contributed by atoms with E-state index in [1.165, 1.54) is 38.6 Å². The van der Waals surface area contributed by atoms with Gasteiger partial charge in [-0.1, -0.05) is 168 Å². The van der Waals surface area contributed by atoms with Crippen LogP contribution < -0.4 is 35.7 Å². The average molecular weight is 903 g/mol. The largest absolute Gasteiger partial charge is 0.453 e. The van der Waals surface area contributed by atoms with Crippen LogP contribution in [0.3, 0.4) is 0 Å². The Morgan fingerprint density at radius 1 is 0.377 bits per heavy atom. The van der Waals surface area contributed by atoms with Crippen LogP contribution in [0.2, 0.25) is 0 Å². The van der Waals surface area contributed by atoms with Crippen molar-refractivity contribution in [3.8, 4) is 56.9 Å². The zero-order valence-electron chi connectivity index (χ0n) is 42.0. The van der Waals surface area contributed by atoms with E-state index in [1.807, 2.05) is 6.07 Å². The molecule has 0 bridgehead atoms. The summed E-state index contributed by atoms with van der Waals surface area (Å²) in [5.41, 5.74) is 19.2. The minimum absolute atomic E-state index is 0.0775. The van der Waals surface area contributed by atoms with E-state index >= 15 is 0 Å². The first-order valence-electron chi connectivity index (χ1n) is 24.5. The Labute approximate surface area is 408 Å². The zero-order chi connectivity index (χ0) is 48.1. The summed E-state index contributed by atoms with van der Waals surface area (Å²) < 4.78 is 14.5. The van der Waals surface area contributed by atoms with Crippen LogP contribution in [0.1, 0.15) is 105 Å². The van der Waals surface area contributed by atoms with Crippen LogP contribution in [0.25, 0.3) is 33.9 Å². The molecule has 342 valence electrons. The third-order valence-corrected chi connectivity index (χ3v) is 14.6. The van der Waals surface area contributed by atoms with Crippen molar-refractivity contribution in [2.24, 2.45) is 0 Å². The molecular formula is C62H59BN4O2. The summed E-state index contributed by atoms with van der Waals surface area (Å²) in [6.07, 6.45) is 0. The van der Waals surface area contributed by atoms with E-state index in [9.17, 15) is 0 Å². The molecule has 6 nitrogen and oxygen atoms in total. The fourth-order valence-electron chi connectivity index (χ4n) is 10.7. The maximum atomic E-state index is 7.23. The molecule has 0 N–H and O–H groups in total. The molecule has 7 aromatic carbocycles. The summed E-state index contributed by atoms with van der Waals surface area (Å²) in [6, 6.07) is 50.9. The Balaban J connectivity index is 1.22. The van der Waals surface area contributed by atoms with Gasteiger partial charge in [0.05, 0.1) is 34.1 Å². The summed E-state index contributed by atoms with van der Waals surface area (Å²) in [4.78, 5) is 15.7. The number of ether oxygens (including phenoxy) is 2. The molecule has 0 atom stereocenters. The fraction of sp³-hybridized carbons (Fsp3) is 0.258. The minimum Gasteiger partial charge on any atom is -0.453 e. The smallest absolute Gasteiger partial charge is 0.252 e. The Morgan fingerprint density at radius 2 is 0.783 bits per heavy atom. The molecule has 0 saturated heterocycles. The number of anilines is 6. The number of aromatic nitrogens is 2. The maximum Gasteiger partial charge on any atom is 0.252 e. The second kappa shape index (κ2) is 14.7. The first kappa shape index (κ1) is 43.2. The second-order valence-electron chi connectivity index (χ2n) is 23.6. The van der Waals surface area contributed by atoms with Crippen LogP contribution in [0, 0.1) is 0 Å². The molecule has 0 saturated carbocycles. The van der Waals surface area contributed by atoms with Crippen molar-refractivity contribution < 1.29 is 9.47 Å². The van der Waals surface area contributed by atoms with E-state index < -0.39 is 0 Å². The number of benzene rings is 7. The predicted molar refractivity (Wildman–Crippen MR) is 287 cm³/mol. The molecule has 1 aromatic heterocycles. The van der Waals surface area contributed by atoms with Crippen LogP contribution in [-0.2, 0) is 21.7 Å². The molecule has 5 heterocycles. The number of fused-ring (bicyclic) bond motifs is 8. The van der Waals surface area contributed by atoms with E-state index in [4.69, 9.17) is 19.4 Å². The molecule has 0 aliphatic carbocycles. The number of hydrogen-bond acceptors (Lipinski definition) is 6. The van der Waals surface area contributed by atoms with Gasteiger partial charge >= 0.3 is 0 Å². The van der Waals surface area contributed by atoms with E-state index in [0.29, 0.717) is 5.82 Å². The number of nitrogens with zero attached hydrogens (tertiary/aromatic N) is 4. The first-order chi connectivity index (χ1) is 32.7. The minimum atomic E-state index is -0.152. The molecule has 12 rings (SSSR count).